The number of aliphatic carboxylic acids is 1. The standard InChI is InChI=1S/C15H26N2O4/c1-17(10-15(21)7-2-3-8-15)14(20)16-12-6-4-5-11(9-12)13(18)19/h11-12,21H,2-10H2,1H3,(H,16,20)(H,18,19). The highest BCUT2D eigenvalue weighted by Gasteiger charge is 2.34. The first-order chi connectivity index (χ1) is 9.89. The Labute approximate surface area is 125 Å². The van der Waals surface area contributed by atoms with Crippen LogP contribution in [0.15, 0.2) is 0 Å². The summed E-state index contributed by atoms with van der Waals surface area (Å²) in [6.45, 7) is 0.341. The molecule has 2 aliphatic carbocycles. The molecule has 0 spiro atoms. The average molecular weight is 298 g/mol. The third-order valence-electron chi connectivity index (χ3n) is 4.76. The second kappa shape index (κ2) is 6.64. The second-order valence-electron chi connectivity index (χ2n) is 6.64. The van der Waals surface area contributed by atoms with Crippen LogP contribution in [0.2, 0.25) is 0 Å². The van der Waals surface area contributed by atoms with Gasteiger partial charge in [0.1, 0.15) is 0 Å². The monoisotopic (exact) mass is 298 g/mol. The first kappa shape index (κ1) is 16.1. The van der Waals surface area contributed by atoms with Crippen LogP contribution >= 0.6 is 0 Å². The van der Waals surface area contributed by atoms with Gasteiger partial charge in [-0.05, 0) is 32.1 Å². The molecule has 120 valence electrons. The van der Waals surface area contributed by atoms with Gasteiger partial charge in [-0.25, -0.2) is 4.79 Å². The molecule has 2 amide bonds. The van der Waals surface area contributed by atoms with Crippen molar-refractivity contribution in [2.24, 2.45) is 5.92 Å². The molecule has 2 fully saturated rings. The van der Waals surface area contributed by atoms with Crippen molar-refractivity contribution < 1.29 is 19.8 Å². The van der Waals surface area contributed by atoms with Crippen molar-refractivity contribution >= 4 is 12.0 Å². The van der Waals surface area contributed by atoms with Gasteiger partial charge in [-0.15, -0.1) is 0 Å². The van der Waals surface area contributed by atoms with E-state index >= 15 is 0 Å². The minimum absolute atomic E-state index is 0.0759. The first-order valence-corrected chi connectivity index (χ1v) is 7.86. The number of urea groups is 1. The fraction of sp³-hybridized carbons (Fsp3) is 0.867. The van der Waals surface area contributed by atoms with E-state index in [1.165, 1.54) is 4.90 Å². The van der Waals surface area contributed by atoms with Crippen LogP contribution < -0.4 is 5.32 Å². The molecule has 0 aromatic heterocycles. The molecule has 2 unspecified atom stereocenters. The third-order valence-corrected chi connectivity index (χ3v) is 4.76. The summed E-state index contributed by atoms with van der Waals surface area (Å²) in [5.74, 6) is -1.13. The van der Waals surface area contributed by atoms with Crippen LogP contribution in [0.3, 0.4) is 0 Å². The van der Waals surface area contributed by atoms with Gasteiger partial charge in [0.2, 0.25) is 0 Å². The number of nitrogens with zero attached hydrogens (tertiary/aromatic N) is 1. The summed E-state index contributed by atoms with van der Waals surface area (Å²) < 4.78 is 0. The quantitative estimate of drug-likeness (QED) is 0.735. The predicted molar refractivity (Wildman–Crippen MR) is 78.0 cm³/mol. The first-order valence-electron chi connectivity index (χ1n) is 7.86. The lowest BCUT2D eigenvalue weighted by Gasteiger charge is -2.32. The smallest absolute Gasteiger partial charge is 0.317 e. The molecular weight excluding hydrogens is 272 g/mol. The van der Waals surface area contributed by atoms with Crippen molar-refractivity contribution in [3.05, 3.63) is 0 Å². The fourth-order valence-electron chi connectivity index (χ4n) is 3.53. The highest BCUT2D eigenvalue weighted by molar-refractivity contribution is 5.75. The summed E-state index contributed by atoms with van der Waals surface area (Å²) in [5.41, 5.74) is -0.748. The highest BCUT2D eigenvalue weighted by atomic mass is 16.4. The Morgan fingerprint density at radius 2 is 1.90 bits per heavy atom. The van der Waals surface area contributed by atoms with E-state index in [1.54, 1.807) is 7.05 Å². The van der Waals surface area contributed by atoms with Crippen molar-refractivity contribution in [3.8, 4) is 0 Å². The molecule has 2 saturated carbocycles. The van der Waals surface area contributed by atoms with E-state index in [0.717, 1.165) is 38.5 Å². The lowest BCUT2D eigenvalue weighted by Crippen LogP contribution is -2.49. The van der Waals surface area contributed by atoms with Crippen LogP contribution in [0.25, 0.3) is 0 Å². The molecule has 0 bridgehead atoms. The molecule has 3 N–H and O–H groups in total. The largest absolute Gasteiger partial charge is 0.481 e. The number of carboxylic acids is 1. The van der Waals surface area contributed by atoms with Crippen LogP contribution in [-0.4, -0.2) is 52.3 Å². The predicted octanol–water partition coefficient (Wildman–Crippen LogP) is 1.58. The Morgan fingerprint density at radius 3 is 2.52 bits per heavy atom. The van der Waals surface area contributed by atoms with E-state index in [1.807, 2.05) is 0 Å². The van der Waals surface area contributed by atoms with Crippen LogP contribution in [0.1, 0.15) is 51.4 Å². The zero-order chi connectivity index (χ0) is 15.5. The van der Waals surface area contributed by atoms with Crippen molar-refractivity contribution in [1.82, 2.24) is 10.2 Å². The van der Waals surface area contributed by atoms with Gasteiger partial charge in [0.05, 0.1) is 18.1 Å². The number of likely N-dealkylation sites (N-methyl/N-ethyl adjacent to an activating group) is 1. The molecule has 21 heavy (non-hydrogen) atoms. The number of hydrogen-bond acceptors (Lipinski definition) is 3. The van der Waals surface area contributed by atoms with Crippen molar-refractivity contribution in [2.75, 3.05) is 13.6 Å². The molecule has 0 radical (unpaired) electrons. The molecule has 0 aromatic carbocycles. The van der Waals surface area contributed by atoms with Gasteiger partial charge in [-0.2, -0.15) is 0 Å². The molecule has 2 aliphatic rings. The Kier molecular flexibility index (Phi) is 5.08. The number of carbonyl (C=O) groups excluding carboxylic acids is 1. The minimum atomic E-state index is -0.775. The summed E-state index contributed by atoms with van der Waals surface area (Å²) in [6.07, 6.45) is 6.35. The van der Waals surface area contributed by atoms with Crippen molar-refractivity contribution in [1.29, 1.82) is 0 Å². The van der Waals surface area contributed by atoms with Gasteiger partial charge in [0.15, 0.2) is 0 Å². The topological polar surface area (TPSA) is 89.9 Å². The zero-order valence-corrected chi connectivity index (χ0v) is 12.7. The maximum absolute atomic E-state index is 12.2. The molecule has 0 aliphatic heterocycles. The summed E-state index contributed by atoms with van der Waals surface area (Å²) in [4.78, 5) is 24.7. The van der Waals surface area contributed by atoms with Crippen molar-refractivity contribution in [3.63, 3.8) is 0 Å². The van der Waals surface area contributed by atoms with E-state index in [4.69, 9.17) is 5.11 Å². The molecule has 6 nitrogen and oxygen atoms in total. The number of rotatable bonds is 4. The lowest BCUT2D eigenvalue weighted by atomic mass is 9.86. The van der Waals surface area contributed by atoms with Crippen LogP contribution in [0, 0.1) is 5.92 Å². The Bertz CT molecular complexity index is 393. The summed E-state index contributed by atoms with van der Waals surface area (Å²) in [6, 6.07) is -0.292. The molecule has 0 aromatic rings. The lowest BCUT2D eigenvalue weighted by molar-refractivity contribution is -0.143. The summed E-state index contributed by atoms with van der Waals surface area (Å²) in [5, 5.41) is 22.3. The van der Waals surface area contributed by atoms with Gasteiger partial charge in [-0.1, -0.05) is 19.3 Å². The Balaban J connectivity index is 1.81. The number of carboxylic acid groups (broad SMARTS) is 1. The molecule has 6 heteroatoms. The van der Waals surface area contributed by atoms with Gasteiger partial charge in [-0.3, -0.25) is 4.79 Å². The number of amides is 2. The molecule has 0 saturated heterocycles. The van der Waals surface area contributed by atoms with Crippen LogP contribution in [-0.2, 0) is 4.79 Å². The summed E-state index contributed by atoms with van der Waals surface area (Å²) in [7, 11) is 1.68. The summed E-state index contributed by atoms with van der Waals surface area (Å²) >= 11 is 0. The molecule has 2 atom stereocenters. The Hall–Kier alpha value is -1.30. The van der Waals surface area contributed by atoms with E-state index in [0.29, 0.717) is 19.4 Å². The van der Waals surface area contributed by atoms with E-state index < -0.39 is 11.6 Å². The van der Waals surface area contributed by atoms with Crippen molar-refractivity contribution in [2.45, 2.75) is 63.0 Å². The van der Waals surface area contributed by atoms with Gasteiger partial charge < -0.3 is 20.4 Å². The molecule has 0 heterocycles. The third kappa shape index (κ3) is 4.33. The fourth-order valence-corrected chi connectivity index (χ4v) is 3.53. The maximum atomic E-state index is 12.2. The van der Waals surface area contributed by atoms with Gasteiger partial charge >= 0.3 is 12.0 Å². The van der Waals surface area contributed by atoms with Crippen LogP contribution in [0.4, 0.5) is 4.79 Å². The van der Waals surface area contributed by atoms with E-state index in [-0.39, 0.29) is 18.0 Å². The van der Waals surface area contributed by atoms with Gasteiger partial charge in [0, 0.05) is 13.1 Å². The highest BCUT2D eigenvalue weighted by Crippen LogP contribution is 2.30. The number of hydrogen-bond donors (Lipinski definition) is 3. The van der Waals surface area contributed by atoms with E-state index in [9.17, 15) is 14.7 Å². The van der Waals surface area contributed by atoms with Gasteiger partial charge in [0.25, 0.3) is 0 Å². The molecule has 2 rings (SSSR count). The normalized spacial score (nSPS) is 28.1. The minimum Gasteiger partial charge on any atom is -0.481 e. The number of carbonyl (C=O) groups is 2. The maximum Gasteiger partial charge on any atom is 0.317 e. The number of aliphatic hydroxyl groups is 1. The second-order valence-corrected chi connectivity index (χ2v) is 6.64. The van der Waals surface area contributed by atoms with Crippen LogP contribution in [0.5, 0.6) is 0 Å². The Morgan fingerprint density at radius 1 is 1.24 bits per heavy atom. The zero-order valence-electron chi connectivity index (χ0n) is 12.7. The SMILES string of the molecule is CN(CC1(O)CCCC1)C(=O)NC1CCCC(C(=O)O)C1. The molecular formula is C15H26N2O4. The number of nitrogens with one attached hydrogen (secondary N) is 1. The average Bonchev–Trinajstić information content (AvgIpc) is 2.85. The van der Waals surface area contributed by atoms with E-state index in [2.05, 4.69) is 5.32 Å².